The summed E-state index contributed by atoms with van der Waals surface area (Å²) >= 11 is 1.55. The summed E-state index contributed by atoms with van der Waals surface area (Å²) in [6.45, 7) is 7.76. The van der Waals surface area contributed by atoms with E-state index < -0.39 is 5.97 Å². The van der Waals surface area contributed by atoms with Gasteiger partial charge in [0.1, 0.15) is 5.01 Å². The Labute approximate surface area is 127 Å². The Morgan fingerprint density at radius 2 is 2.19 bits per heavy atom. The van der Waals surface area contributed by atoms with Crippen molar-refractivity contribution in [2.45, 2.75) is 13.8 Å². The molecule has 2 aromatic rings. The van der Waals surface area contributed by atoms with Crippen LogP contribution in [0.5, 0.6) is 0 Å². The van der Waals surface area contributed by atoms with Crippen LogP contribution in [-0.4, -0.2) is 16.1 Å². The predicted molar refractivity (Wildman–Crippen MR) is 87.3 cm³/mol. The van der Waals surface area contributed by atoms with Crippen LogP contribution >= 0.6 is 11.3 Å². The molecule has 0 radical (unpaired) electrons. The number of thiazole rings is 1. The van der Waals surface area contributed by atoms with Crippen LogP contribution in [0.1, 0.15) is 13.8 Å². The third kappa shape index (κ3) is 3.47. The zero-order valence-electron chi connectivity index (χ0n) is 12.0. The standard InChI is InChI=1S/C17H17NO2S/c1-11(2)13(17(19)20)7-8-14-12(3)5-4-6-15(14)16-18-9-10-21-16/h4-11H,3H2,1-2H3,(H,19,20)/b13-7+,14-8+. The van der Waals surface area contributed by atoms with Crippen LogP contribution in [0.4, 0.5) is 0 Å². The van der Waals surface area contributed by atoms with Crippen LogP contribution in [0.3, 0.4) is 0 Å². The number of hydrogen-bond donors (Lipinski definition) is 1. The number of carboxylic acids is 1. The van der Waals surface area contributed by atoms with Gasteiger partial charge in [0.2, 0.25) is 0 Å². The molecule has 0 unspecified atom stereocenters. The second-order valence-corrected chi connectivity index (χ2v) is 5.86. The van der Waals surface area contributed by atoms with Crippen molar-refractivity contribution >= 4 is 30.0 Å². The number of carbonyl (C=O) groups is 1. The molecule has 0 bridgehead atoms. The smallest absolute Gasteiger partial charge is 0.331 e. The van der Waals surface area contributed by atoms with Crippen LogP contribution < -0.4 is 10.4 Å². The van der Waals surface area contributed by atoms with Crippen LogP contribution in [-0.2, 0) is 4.79 Å². The molecular weight excluding hydrogens is 282 g/mol. The molecule has 0 atom stereocenters. The van der Waals surface area contributed by atoms with E-state index in [-0.39, 0.29) is 5.92 Å². The molecule has 21 heavy (non-hydrogen) atoms. The lowest BCUT2D eigenvalue weighted by atomic mass is 10.0. The molecule has 1 N–H and O–H groups in total. The number of benzene rings is 1. The predicted octanol–water partition coefficient (Wildman–Crippen LogP) is 2.67. The molecule has 0 spiro atoms. The van der Waals surface area contributed by atoms with E-state index in [4.69, 9.17) is 0 Å². The van der Waals surface area contributed by atoms with Gasteiger partial charge in [-0.15, -0.1) is 11.3 Å². The molecule has 0 saturated heterocycles. The fourth-order valence-electron chi connectivity index (χ4n) is 2.04. The molecular formula is C17H17NO2S. The number of hydrogen-bond acceptors (Lipinski definition) is 3. The van der Waals surface area contributed by atoms with E-state index in [1.165, 1.54) is 0 Å². The van der Waals surface area contributed by atoms with E-state index in [0.717, 1.165) is 21.0 Å². The number of nitrogens with zero attached hydrogens (tertiary/aromatic N) is 1. The van der Waals surface area contributed by atoms with Crippen LogP contribution in [0.15, 0.2) is 41.4 Å². The largest absolute Gasteiger partial charge is 0.478 e. The summed E-state index contributed by atoms with van der Waals surface area (Å²) in [6, 6.07) is 5.82. The molecule has 1 heterocycles. The molecule has 2 rings (SSSR count). The van der Waals surface area contributed by atoms with Gasteiger partial charge in [0.25, 0.3) is 0 Å². The summed E-state index contributed by atoms with van der Waals surface area (Å²) in [6.07, 6.45) is 5.24. The fraction of sp³-hybridized carbons (Fsp3) is 0.176. The van der Waals surface area contributed by atoms with Crippen LogP contribution in [0, 0.1) is 5.92 Å². The quantitative estimate of drug-likeness (QED) is 0.883. The summed E-state index contributed by atoms with van der Waals surface area (Å²) in [7, 11) is 0. The van der Waals surface area contributed by atoms with Crippen molar-refractivity contribution in [3.63, 3.8) is 0 Å². The van der Waals surface area contributed by atoms with Crippen molar-refractivity contribution in [3.05, 3.63) is 51.9 Å². The minimum Gasteiger partial charge on any atom is -0.478 e. The highest BCUT2D eigenvalue weighted by Gasteiger charge is 2.10. The molecule has 108 valence electrons. The highest BCUT2D eigenvalue weighted by Crippen LogP contribution is 2.17. The Morgan fingerprint density at radius 3 is 2.76 bits per heavy atom. The normalized spacial score (nSPS) is 12.9. The maximum atomic E-state index is 11.2. The van der Waals surface area contributed by atoms with Crippen LogP contribution in [0.2, 0.25) is 0 Å². The monoisotopic (exact) mass is 299 g/mol. The van der Waals surface area contributed by atoms with Gasteiger partial charge >= 0.3 is 5.97 Å². The van der Waals surface area contributed by atoms with Crippen molar-refractivity contribution in [3.8, 4) is 10.6 Å². The molecule has 0 aliphatic rings. The lowest BCUT2D eigenvalue weighted by molar-refractivity contribution is -0.133. The Hall–Kier alpha value is -2.20. The first-order valence-corrected chi connectivity index (χ1v) is 7.51. The van der Waals surface area contributed by atoms with Crippen molar-refractivity contribution in [2.24, 2.45) is 5.92 Å². The van der Waals surface area contributed by atoms with E-state index in [1.807, 2.05) is 43.5 Å². The lowest BCUT2D eigenvalue weighted by Gasteiger charge is -2.04. The number of rotatable bonds is 4. The topological polar surface area (TPSA) is 50.2 Å². The van der Waals surface area contributed by atoms with Crippen LogP contribution in [0.25, 0.3) is 23.2 Å². The van der Waals surface area contributed by atoms with Gasteiger partial charge in [0, 0.05) is 22.7 Å². The van der Waals surface area contributed by atoms with E-state index in [2.05, 4.69) is 11.6 Å². The van der Waals surface area contributed by atoms with Gasteiger partial charge in [-0.05, 0) is 16.4 Å². The first kappa shape index (κ1) is 15.2. The highest BCUT2D eigenvalue weighted by atomic mass is 32.1. The second-order valence-electron chi connectivity index (χ2n) is 4.96. The molecule has 4 heteroatoms. The molecule has 0 aliphatic heterocycles. The Balaban J connectivity index is 2.64. The minimum absolute atomic E-state index is 0.0426. The van der Waals surface area contributed by atoms with Crippen molar-refractivity contribution in [1.82, 2.24) is 4.98 Å². The molecule has 1 aromatic carbocycles. The average molecular weight is 299 g/mol. The van der Waals surface area contributed by atoms with Crippen molar-refractivity contribution in [1.29, 1.82) is 0 Å². The maximum absolute atomic E-state index is 11.2. The average Bonchev–Trinajstić information content (AvgIpc) is 2.93. The fourth-order valence-corrected chi connectivity index (χ4v) is 2.71. The summed E-state index contributed by atoms with van der Waals surface area (Å²) in [5.41, 5.74) is 1.35. The number of aromatic nitrogens is 1. The highest BCUT2D eigenvalue weighted by molar-refractivity contribution is 7.13. The maximum Gasteiger partial charge on any atom is 0.331 e. The number of carboxylic acid groups (broad SMARTS) is 1. The first-order valence-electron chi connectivity index (χ1n) is 6.63. The summed E-state index contributed by atoms with van der Waals surface area (Å²) in [4.78, 5) is 15.6. The third-order valence-corrected chi connectivity index (χ3v) is 3.96. The molecule has 0 saturated carbocycles. The molecule has 1 aromatic heterocycles. The molecule has 0 fully saturated rings. The van der Waals surface area contributed by atoms with Gasteiger partial charge in [-0.25, -0.2) is 9.78 Å². The molecule has 3 nitrogen and oxygen atoms in total. The molecule has 0 aliphatic carbocycles. The van der Waals surface area contributed by atoms with E-state index >= 15 is 0 Å². The van der Waals surface area contributed by atoms with Gasteiger partial charge in [0.05, 0.1) is 0 Å². The second kappa shape index (κ2) is 6.50. The van der Waals surface area contributed by atoms with Gasteiger partial charge < -0.3 is 5.11 Å². The van der Waals surface area contributed by atoms with E-state index in [1.54, 1.807) is 23.6 Å². The van der Waals surface area contributed by atoms with E-state index in [0.29, 0.717) is 5.57 Å². The first-order chi connectivity index (χ1) is 10.0. The summed E-state index contributed by atoms with van der Waals surface area (Å²) < 4.78 is 0. The molecule has 0 amide bonds. The SMILES string of the molecule is C=c1cccc(-c2nccs2)/c1=C/C=C(/C(=O)O)C(C)C. The van der Waals surface area contributed by atoms with E-state index in [9.17, 15) is 9.90 Å². The van der Waals surface area contributed by atoms with Gasteiger partial charge in [-0.3, -0.25) is 0 Å². The Morgan fingerprint density at radius 1 is 1.43 bits per heavy atom. The summed E-state index contributed by atoms with van der Waals surface area (Å²) in [5.74, 6) is -0.933. The third-order valence-electron chi connectivity index (χ3n) is 3.16. The van der Waals surface area contributed by atoms with Crippen molar-refractivity contribution < 1.29 is 9.90 Å². The van der Waals surface area contributed by atoms with Gasteiger partial charge in [-0.2, -0.15) is 0 Å². The summed E-state index contributed by atoms with van der Waals surface area (Å²) in [5, 5.41) is 13.8. The number of aliphatic carboxylic acids is 1. The van der Waals surface area contributed by atoms with Gasteiger partial charge in [-0.1, -0.05) is 50.8 Å². The Kier molecular flexibility index (Phi) is 4.70. The zero-order valence-corrected chi connectivity index (χ0v) is 12.9. The number of allylic oxidation sites excluding steroid dienone is 1. The minimum atomic E-state index is -0.890. The zero-order chi connectivity index (χ0) is 15.4. The van der Waals surface area contributed by atoms with Crippen molar-refractivity contribution in [2.75, 3.05) is 0 Å². The Bertz CT molecular complexity index is 774. The van der Waals surface area contributed by atoms with Gasteiger partial charge in [0.15, 0.2) is 0 Å². The lowest BCUT2D eigenvalue weighted by Crippen LogP contribution is -2.24.